The van der Waals surface area contributed by atoms with Crippen molar-refractivity contribution < 1.29 is 13.2 Å². The summed E-state index contributed by atoms with van der Waals surface area (Å²) in [6.45, 7) is 1.74. The van der Waals surface area contributed by atoms with Crippen LogP contribution in [0.5, 0.6) is 0 Å². The van der Waals surface area contributed by atoms with Crippen molar-refractivity contribution in [2.24, 2.45) is 0 Å². The second-order valence-corrected chi connectivity index (χ2v) is 8.08. The summed E-state index contributed by atoms with van der Waals surface area (Å²) in [7, 11) is -3.57. The van der Waals surface area contributed by atoms with Gasteiger partial charge in [0.2, 0.25) is 15.9 Å². The van der Waals surface area contributed by atoms with Crippen molar-refractivity contribution in [1.29, 1.82) is 0 Å². The quantitative estimate of drug-likeness (QED) is 0.792. The van der Waals surface area contributed by atoms with Crippen LogP contribution >= 0.6 is 15.9 Å². The molecule has 2 rings (SSSR count). The Morgan fingerprint density at radius 1 is 1.12 bits per heavy atom. The zero-order chi connectivity index (χ0) is 17.7. The van der Waals surface area contributed by atoms with Crippen LogP contribution in [0, 0.1) is 0 Å². The van der Waals surface area contributed by atoms with Crippen molar-refractivity contribution >= 4 is 43.2 Å². The molecule has 0 saturated carbocycles. The van der Waals surface area contributed by atoms with E-state index in [1.54, 1.807) is 30.3 Å². The predicted molar refractivity (Wildman–Crippen MR) is 101 cm³/mol. The van der Waals surface area contributed by atoms with Crippen molar-refractivity contribution in [3.05, 3.63) is 58.6 Å². The summed E-state index contributed by atoms with van der Waals surface area (Å²) < 4.78 is 26.0. The Morgan fingerprint density at radius 2 is 1.75 bits per heavy atom. The number of para-hydroxylation sites is 1. The molecule has 0 aliphatic carbocycles. The molecule has 0 heterocycles. The van der Waals surface area contributed by atoms with Crippen molar-refractivity contribution in [1.82, 2.24) is 0 Å². The fourth-order valence-corrected chi connectivity index (χ4v) is 3.42. The third-order valence-electron chi connectivity index (χ3n) is 3.47. The van der Waals surface area contributed by atoms with Crippen LogP contribution in [0.25, 0.3) is 0 Å². The molecule has 1 amide bonds. The van der Waals surface area contributed by atoms with Crippen molar-refractivity contribution in [3.8, 4) is 0 Å². The van der Waals surface area contributed by atoms with E-state index in [1.165, 1.54) is 0 Å². The molecule has 0 unspecified atom stereocenters. The van der Waals surface area contributed by atoms with Gasteiger partial charge in [-0.3, -0.25) is 9.10 Å². The number of halogens is 1. The van der Waals surface area contributed by atoms with Crippen LogP contribution in [0.15, 0.2) is 53.0 Å². The molecular formula is C17H19BrN2O3S. The van der Waals surface area contributed by atoms with Gasteiger partial charge in [0.05, 0.1) is 17.6 Å². The van der Waals surface area contributed by atoms with Gasteiger partial charge in [0.1, 0.15) is 6.54 Å². The van der Waals surface area contributed by atoms with Gasteiger partial charge in [0.15, 0.2) is 0 Å². The van der Waals surface area contributed by atoms with E-state index >= 15 is 0 Å². The summed E-state index contributed by atoms with van der Waals surface area (Å²) in [6.07, 6.45) is 1.95. The standard InChI is InChI=1S/C17H19BrN2O3S/c1-3-13-8-10-14(11-9-13)20(24(2,22)23)12-17(21)19-16-7-5-4-6-15(16)18/h4-11H,3,12H2,1-2H3,(H,19,21). The molecule has 0 aliphatic rings. The molecule has 0 aliphatic heterocycles. The minimum atomic E-state index is -3.57. The van der Waals surface area contributed by atoms with Crippen LogP contribution in [0.2, 0.25) is 0 Å². The Balaban J connectivity index is 2.20. The SMILES string of the molecule is CCc1ccc(N(CC(=O)Nc2ccccc2Br)S(C)(=O)=O)cc1. The first-order chi connectivity index (χ1) is 11.3. The Hall–Kier alpha value is -1.86. The Bertz CT molecular complexity index is 820. The van der Waals surface area contributed by atoms with Gasteiger partial charge in [-0.05, 0) is 52.2 Å². The largest absolute Gasteiger partial charge is 0.323 e. The number of anilines is 2. The molecule has 2 aromatic rings. The Kier molecular flexibility index (Phi) is 6.01. The van der Waals surface area contributed by atoms with E-state index in [1.807, 2.05) is 25.1 Å². The molecule has 24 heavy (non-hydrogen) atoms. The number of hydrogen-bond acceptors (Lipinski definition) is 3. The smallest absolute Gasteiger partial charge is 0.245 e. The molecule has 7 heteroatoms. The van der Waals surface area contributed by atoms with Crippen molar-refractivity contribution in [3.63, 3.8) is 0 Å². The molecule has 0 saturated heterocycles. The molecule has 0 bridgehead atoms. The van der Waals surface area contributed by atoms with E-state index in [9.17, 15) is 13.2 Å². The van der Waals surface area contributed by atoms with Gasteiger partial charge in [0, 0.05) is 4.47 Å². The van der Waals surface area contributed by atoms with E-state index in [0.717, 1.165) is 27.0 Å². The monoisotopic (exact) mass is 410 g/mol. The molecule has 2 aromatic carbocycles. The normalized spacial score (nSPS) is 11.1. The van der Waals surface area contributed by atoms with Gasteiger partial charge in [-0.2, -0.15) is 0 Å². The summed E-state index contributed by atoms with van der Waals surface area (Å²) >= 11 is 3.34. The van der Waals surface area contributed by atoms with Gasteiger partial charge in [-0.15, -0.1) is 0 Å². The lowest BCUT2D eigenvalue weighted by atomic mass is 10.1. The molecule has 128 valence electrons. The molecule has 0 radical (unpaired) electrons. The zero-order valence-electron chi connectivity index (χ0n) is 13.5. The highest BCUT2D eigenvalue weighted by molar-refractivity contribution is 9.10. The molecule has 0 atom stereocenters. The second-order valence-electron chi connectivity index (χ2n) is 5.32. The number of carbonyl (C=O) groups is 1. The lowest BCUT2D eigenvalue weighted by molar-refractivity contribution is -0.114. The summed E-state index contributed by atoms with van der Waals surface area (Å²) in [6, 6.07) is 14.3. The maximum atomic E-state index is 12.3. The topological polar surface area (TPSA) is 66.5 Å². The zero-order valence-corrected chi connectivity index (χ0v) is 15.9. The van der Waals surface area contributed by atoms with Gasteiger partial charge in [0.25, 0.3) is 0 Å². The van der Waals surface area contributed by atoms with E-state index < -0.39 is 15.9 Å². The lowest BCUT2D eigenvalue weighted by Gasteiger charge is -2.22. The van der Waals surface area contributed by atoms with Gasteiger partial charge in [-0.25, -0.2) is 8.42 Å². The molecule has 1 N–H and O–H groups in total. The first kappa shape index (κ1) is 18.5. The van der Waals surface area contributed by atoms with Crippen LogP contribution in [0.1, 0.15) is 12.5 Å². The van der Waals surface area contributed by atoms with E-state index in [0.29, 0.717) is 11.4 Å². The number of aryl methyl sites for hydroxylation is 1. The maximum absolute atomic E-state index is 12.3. The average Bonchev–Trinajstić information content (AvgIpc) is 2.54. The summed E-state index contributed by atoms with van der Waals surface area (Å²) in [5.41, 5.74) is 2.17. The van der Waals surface area contributed by atoms with Crippen LogP contribution in [0.3, 0.4) is 0 Å². The molecular weight excluding hydrogens is 392 g/mol. The van der Waals surface area contributed by atoms with Gasteiger partial charge < -0.3 is 5.32 Å². The van der Waals surface area contributed by atoms with E-state index in [4.69, 9.17) is 0 Å². The van der Waals surface area contributed by atoms with Crippen LogP contribution in [-0.2, 0) is 21.2 Å². The molecule has 0 aromatic heterocycles. The van der Waals surface area contributed by atoms with Crippen LogP contribution in [0.4, 0.5) is 11.4 Å². The summed E-state index contributed by atoms with van der Waals surface area (Å²) in [4.78, 5) is 12.3. The Morgan fingerprint density at radius 3 is 2.29 bits per heavy atom. The fourth-order valence-electron chi connectivity index (χ4n) is 2.18. The second kappa shape index (κ2) is 7.81. The van der Waals surface area contributed by atoms with Crippen molar-refractivity contribution in [2.75, 3.05) is 22.4 Å². The maximum Gasteiger partial charge on any atom is 0.245 e. The summed E-state index contributed by atoms with van der Waals surface area (Å²) in [5.74, 6) is -0.410. The lowest BCUT2D eigenvalue weighted by Crippen LogP contribution is -2.37. The highest BCUT2D eigenvalue weighted by atomic mass is 79.9. The van der Waals surface area contributed by atoms with Crippen molar-refractivity contribution in [2.45, 2.75) is 13.3 Å². The number of hydrogen-bond donors (Lipinski definition) is 1. The fraction of sp³-hybridized carbons (Fsp3) is 0.235. The highest BCUT2D eigenvalue weighted by Gasteiger charge is 2.21. The minimum Gasteiger partial charge on any atom is -0.323 e. The molecule has 5 nitrogen and oxygen atoms in total. The Labute approximate surface area is 150 Å². The highest BCUT2D eigenvalue weighted by Crippen LogP contribution is 2.22. The third-order valence-corrected chi connectivity index (χ3v) is 5.30. The van der Waals surface area contributed by atoms with E-state index in [-0.39, 0.29) is 6.54 Å². The van der Waals surface area contributed by atoms with Crippen LogP contribution < -0.4 is 9.62 Å². The molecule has 0 spiro atoms. The van der Waals surface area contributed by atoms with E-state index in [2.05, 4.69) is 21.2 Å². The number of carbonyl (C=O) groups excluding carboxylic acids is 1. The first-order valence-corrected chi connectivity index (χ1v) is 10.1. The first-order valence-electron chi connectivity index (χ1n) is 7.42. The predicted octanol–water partition coefficient (Wildman–Crippen LogP) is 3.42. The number of nitrogens with one attached hydrogen (secondary N) is 1. The number of amides is 1. The third kappa shape index (κ3) is 4.82. The number of sulfonamides is 1. The summed E-state index contributed by atoms with van der Waals surface area (Å²) in [5, 5.41) is 2.71. The number of rotatable bonds is 6. The molecule has 0 fully saturated rings. The minimum absolute atomic E-state index is 0.286. The number of nitrogens with zero attached hydrogens (tertiary/aromatic N) is 1. The van der Waals surface area contributed by atoms with Gasteiger partial charge >= 0.3 is 0 Å². The van der Waals surface area contributed by atoms with Crippen LogP contribution in [-0.4, -0.2) is 27.1 Å². The average molecular weight is 411 g/mol. The van der Waals surface area contributed by atoms with Gasteiger partial charge in [-0.1, -0.05) is 31.2 Å². The number of benzene rings is 2.